The Morgan fingerprint density at radius 2 is 1.77 bits per heavy atom. The van der Waals surface area contributed by atoms with Gasteiger partial charge in [0.05, 0.1) is 10.5 Å². The summed E-state index contributed by atoms with van der Waals surface area (Å²) in [6.45, 7) is -0.0181. The summed E-state index contributed by atoms with van der Waals surface area (Å²) >= 11 is 3.21. The van der Waals surface area contributed by atoms with Crippen LogP contribution in [0.25, 0.3) is 0 Å². The van der Waals surface area contributed by atoms with Gasteiger partial charge in [-0.05, 0) is 51.8 Å². The molecule has 0 unspecified atom stereocenters. The van der Waals surface area contributed by atoms with Crippen LogP contribution in [0, 0.1) is 0 Å². The third-order valence-corrected chi connectivity index (χ3v) is 4.57. The van der Waals surface area contributed by atoms with Gasteiger partial charge in [0.2, 0.25) is 10.0 Å². The second-order valence-electron chi connectivity index (χ2n) is 4.36. The van der Waals surface area contributed by atoms with E-state index in [1.54, 1.807) is 12.3 Å². The van der Waals surface area contributed by atoms with Crippen molar-refractivity contribution in [1.29, 1.82) is 0 Å². The Kier molecular flexibility index (Phi) is 4.88. The van der Waals surface area contributed by atoms with Crippen LogP contribution >= 0.6 is 15.9 Å². The van der Waals surface area contributed by atoms with E-state index in [0.29, 0.717) is 10.0 Å². The monoisotopic (exact) mass is 394 g/mol. The van der Waals surface area contributed by atoms with E-state index in [1.165, 1.54) is 6.20 Å². The van der Waals surface area contributed by atoms with Gasteiger partial charge in [0.15, 0.2) is 0 Å². The predicted molar refractivity (Wildman–Crippen MR) is 77.4 cm³/mol. The number of rotatable bonds is 4. The highest BCUT2D eigenvalue weighted by molar-refractivity contribution is 9.10. The average Bonchev–Trinajstić information content (AvgIpc) is 2.45. The molecule has 0 aliphatic rings. The SMILES string of the molecule is O=S(=O)(NCc1cncc(Br)c1)c1ccc(C(F)(F)F)cc1. The van der Waals surface area contributed by atoms with Gasteiger partial charge in [0, 0.05) is 23.4 Å². The topological polar surface area (TPSA) is 59.1 Å². The number of aromatic nitrogens is 1. The summed E-state index contributed by atoms with van der Waals surface area (Å²) in [5.41, 5.74) is -0.285. The maximum Gasteiger partial charge on any atom is 0.416 e. The lowest BCUT2D eigenvalue weighted by Crippen LogP contribution is -2.23. The van der Waals surface area contributed by atoms with E-state index in [0.717, 1.165) is 24.3 Å². The van der Waals surface area contributed by atoms with Crippen LogP contribution in [0.3, 0.4) is 0 Å². The molecule has 0 saturated carbocycles. The lowest BCUT2D eigenvalue weighted by molar-refractivity contribution is -0.137. The van der Waals surface area contributed by atoms with Crippen LogP contribution < -0.4 is 4.72 Å². The van der Waals surface area contributed by atoms with E-state index in [1.807, 2.05) is 0 Å². The third-order valence-electron chi connectivity index (χ3n) is 2.72. The van der Waals surface area contributed by atoms with E-state index in [-0.39, 0.29) is 11.4 Å². The van der Waals surface area contributed by atoms with Crippen molar-refractivity contribution in [2.75, 3.05) is 0 Å². The molecule has 2 rings (SSSR count). The summed E-state index contributed by atoms with van der Waals surface area (Å²) in [7, 11) is -3.89. The van der Waals surface area contributed by atoms with Crippen molar-refractivity contribution in [3.8, 4) is 0 Å². The zero-order valence-electron chi connectivity index (χ0n) is 10.9. The number of nitrogens with zero attached hydrogens (tertiary/aromatic N) is 1. The fourth-order valence-corrected chi connectivity index (χ4v) is 3.07. The highest BCUT2D eigenvalue weighted by Gasteiger charge is 2.30. The van der Waals surface area contributed by atoms with Gasteiger partial charge in [0.25, 0.3) is 0 Å². The molecule has 0 amide bonds. The molecule has 1 heterocycles. The molecule has 9 heteroatoms. The Hall–Kier alpha value is -1.45. The number of hydrogen-bond acceptors (Lipinski definition) is 3. The zero-order chi connectivity index (χ0) is 16.4. The van der Waals surface area contributed by atoms with Crippen molar-refractivity contribution in [3.05, 3.63) is 58.3 Å². The second kappa shape index (κ2) is 6.35. The Balaban J connectivity index is 2.13. The maximum absolute atomic E-state index is 12.4. The normalized spacial score (nSPS) is 12.4. The Labute approximate surface area is 133 Å². The number of alkyl halides is 3. The van der Waals surface area contributed by atoms with Crippen molar-refractivity contribution in [1.82, 2.24) is 9.71 Å². The predicted octanol–water partition coefficient (Wildman–Crippen LogP) is 3.34. The van der Waals surface area contributed by atoms with Crippen molar-refractivity contribution in [2.45, 2.75) is 17.6 Å². The van der Waals surface area contributed by atoms with Gasteiger partial charge in [-0.1, -0.05) is 0 Å². The van der Waals surface area contributed by atoms with Gasteiger partial charge in [-0.2, -0.15) is 13.2 Å². The van der Waals surface area contributed by atoms with Crippen LogP contribution in [-0.2, 0) is 22.7 Å². The van der Waals surface area contributed by atoms with E-state index >= 15 is 0 Å². The molecule has 2 aromatic rings. The van der Waals surface area contributed by atoms with Crippen LogP contribution in [0.5, 0.6) is 0 Å². The molecule has 0 spiro atoms. The molecule has 0 atom stereocenters. The van der Waals surface area contributed by atoms with E-state index in [4.69, 9.17) is 0 Å². The molecule has 0 fully saturated rings. The molecule has 4 nitrogen and oxygen atoms in total. The highest BCUT2D eigenvalue weighted by Crippen LogP contribution is 2.29. The first-order valence-electron chi connectivity index (χ1n) is 5.95. The van der Waals surface area contributed by atoms with Crippen molar-refractivity contribution in [2.24, 2.45) is 0 Å². The Morgan fingerprint density at radius 1 is 1.14 bits per heavy atom. The Bertz CT molecular complexity index is 762. The first kappa shape index (κ1) is 16.9. The molecule has 1 aromatic carbocycles. The van der Waals surface area contributed by atoms with Crippen molar-refractivity contribution < 1.29 is 21.6 Å². The quantitative estimate of drug-likeness (QED) is 0.864. The van der Waals surface area contributed by atoms with Crippen LogP contribution in [0.1, 0.15) is 11.1 Å². The van der Waals surface area contributed by atoms with Crippen LogP contribution in [0.2, 0.25) is 0 Å². The molecule has 1 N–H and O–H groups in total. The largest absolute Gasteiger partial charge is 0.416 e. The van der Waals surface area contributed by atoms with Gasteiger partial charge in [-0.25, -0.2) is 13.1 Å². The maximum atomic E-state index is 12.4. The molecule has 1 aromatic heterocycles. The molecular weight excluding hydrogens is 385 g/mol. The van der Waals surface area contributed by atoms with Crippen LogP contribution in [0.4, 0.5) is 13.2 Å². The van der Waals surface area contributed by atoms with Gasteiger partial charge in [-0.15, -0.1) is 0 Å². The summed E-state index contributed by atoms with van der Waals surface area (Å²) in [5.74, 6) is 0. The first-order valence-corrected chi connectivity index (χ1v) is 8.22. The van der Waals surface area contributed by atoms with Crippen LogP contribution in [0.15, 0.2) is 52.1 Å². The summed E-state index contributed by atoms with van der Waals surface area (Å²) in [6, 6.07) is 4.99. The molecule has 0 bridgehead atoms. The molecule has 0 aliphatic carbocycles. The second-order valence-corrected chi connectivity index (χ2v) is 7.04. The lowest BCUT2D eigenvalue weighted by Gasteiger charge is -2.09. The molecule has 0 radical (unpaired) electrons. The number of nitrogens with one attached hydrogen (secondary N) is 1. The van der Waals surface area contributed by atoms with Gasteiger partial charge >= 0.3 is 6.18 Å². The van der Waals surface area contributed by atoms with Crippen molar-refractivity contribution >= 4 is 26.0 Å². The summed E-state index contributed by atoms with van der Waals surface area (Å²) in [6.07, 6.45) is -1.47. The van der Waals surface area contributed by atoms with E-state index in [9.17, 15) is 21.6 Å². The average molecular weight is 395 g/mol. The number of hydrogen-bond donors (Lipinski definition) is 1. The highest BCUT2D eigenvalue weighted by atomic mass is 79.9. The van der Waals surface area contributed by atoms with Gasteiger partial charge < -0.3 is 0 Å². The summed E-state index contributed by atoms with van der Waals surface area (Å²) in [5, 5.41) is 0. The standard InChI is InChI=1S/C13H10BrF3N2O2S/c14-11-5-9(6-18-8-11)7-19-22(20,21)12-3-1-10(2-4-12)13(15,16)17/h1-6,8,19H,7H2. The van der Waals surface area contributed by atoms with E-state index < -0.39 is 21.8 Å². The number of halogens is 4. The summed E-state index contributed by atoms with van der Waals surface area (Å²) in [4.78, 5) is 3.66. The lowest BCUT2D eigenvalue weighted by atomic mass is 10.2. The minimum atomic E-state index is -4.50. The molecule has 118 valence electrons. The summed E-state index contributed by atoms with van der Waals surface area (Å²) < 4.78 is 64.4. The van der Waals surface area contributed by atoms with Crippen molar-refractivity contribution in [3.63, 3.8) is 0 Å². The fourth-order valence-electron chi connectivity index (χ4n) is 1.64. The smallest absolute Gasteiger partial charge is 0.263 e. The fraction of sp³-hybridized carbons (Fsp3) is 0.154. The number of sulfonamides is 1. The van der Waals surface area contributed by atoms with Crippen LogP contribution in [-0.4, -0.2) is 13.4 Å². The van der Waals surface area contributed by atoms with Gasteiger partial charge in [0.1, 0.15) is 0 Å². The zero-order valence-corrected chi connectivity index (χ0v) is 13.3. The third kappa shape index (κ3) is 4.28. The minimum Gasteiger partial charge on any atom is -0.263 e. The number of benzene rings is 1. The van der Waals surface area contributed by atoms with Gasteiger partial charge in [-0.3, -0.25) is 4.98 Å². The molecular formula is C13H10BrF3N2O2S. The minimum absolute atomic E-state index is 0.0181. The first-order chi connectivity index (χ1) is 10.2. The molecule has 22 heavy (non-hydrogen) atoms. The number of pyridine rings is 1. The Morgan fingerprint density at radius 3 is 2.32 bits per heavy atom. The molecule has 0 saturated heterocycles. The van der Waals surface area contributed by atoms with E-state index in [2.05, 4.69) is 25.6 Å². The molecule has 0 aliphatic heterocycles.